The van der Waals surface area contributed by atoms with Crippen LogP contribution in [0.25, 0.3) is 0 Å². The molecule has 0 aromatic heterocycles. The van der Waals surface area contributed by atoms with Crippen LogP contribution in [0.4, 0.5) is 0 Å². The quantitative estimate of drug-likeness (QED) is 0.684. The molecule has 2 N–H and O–H groups in total. The van der Waals surface area contributed by atoms with E-state index in [2.05, 4.69) is 17.0 Å². The molecular formula is C15H31N3O2S. The van der Waals surface area contributed by atoms with Crippen molar-refractivity contribution in [2.45, 2.75) is 83.3 Å². The van der Waals surface area contributed by atoms with Crippen molar-refractivity contribution in [3.8, 4) is 0 Å². The van der Waals surface area contributed by atoms with Gasteiger partial charge in [-0.1, -0.05) is 26.2 Å². The predicted octanol–water partition coefficient (Wildman–Crippen LogP) is 2.01. The Balaban J connectivity index is 1.90. The highest BCUT2D eigenvalue weighted by Crippen LogP contribution is 2.23. The van der Waals surface area contributed by atoms with Crippen LogP contribution in [0.5, 0.6) is 0 Å². The van der Waals surface area contributed by atoms with Gasteiger partial charge in [0.15, 0.2) is 0 Å². The van der Waals surface area contributed by atoms with Gasteiger partial charge in [-0.25, -0.2) is 0 Å². The Hall–Kier alpha value is -0.170. The maximum atomic E-state index is 12.6. The van der Waals surface area contributed by atoms with Gasteiger partial charge < -0.3 is 5.32 Å². The molecule has 1 aliphatic heterocycles. The normalized spacial score (nSPS) is 25.9. The average Bonchev–Trinajstić information content (AvgIpc) is 3.27. The van der Waals surface area contributed by atoms with Gasteiger partial charge in [-0.3, -0.25) is 0 Å². The van der Waals surface area contributed by atoms with Gasteiger partial charge in [0.2, 0.25) is 0 Å². The molecule has 0 amide bonds. The average molecular weight is 317 g/mol. The molecule has 0 radical (unpaired) electrons. The van der Waals surface area contributed by atoms with Crippen molar-refractivity contribution < 1.29 is 8.42 Å². The first-order chi connectivity index (χ1) is 10.0. The SMILES string of the molecule is CCCCC(C)NS(=O)(=O)N1CCCCC1CNC1CC1. The zero-order valence-corrected chi connectivity index (χ0v) is 14.3. The summed E-state index contributed by atoms with van der Waals surface area (Å²) in [6, 6.07) is 0.775. The first-order valence-electron chi connectivity index (χ1n) is 8.55. The summed E-state index contributed by atoms with van der Waals surface area (Å²) in [5, 5.41) is 3.48. The van der Waals surface area contributed by atoms with E-state index in [4.69, 9.17) is 0 Å². The maximum absolute atomic E-state index is 12.6. The molecule has 2 rings (SSSR count). The van der Waals surface area contributed by atoms with Crippen molar-refractivity contribution in [1.82, 2.24) is 14.3 Å². The van der Waals surface area contributed by atoms with Crippen molar-refractivity contribution in [1.29, 1.82) is 0 Å². The van der Waals surface area contributed by atoms with Crippen molar-refractivity contribution in [3.05, 3.63) is 0 Å². The van der Waals surface area contributed by atoms with Crippen molar-refractivity contribution in [2.24, 2.45) is 0 Å². The minimum absolute atomic E-state index is 0.0221. The molecule has 2 unspecified atom stereocenters. The summed E-state index contributed by atoms with van der Waals surface area (Å²) in [7, 11) is -3.35. The monoisotopic (exact) mass is 317 g/mol. The van der Waals surface area contributed by atoms with Gasteiger partial charge in [0, 0.05) is 31.2 Å². The molecule has 1 saturated carbocycles. The first-order valence-corrected chi connectivity index (χ1v) is 9.99. The Kier molecular flexibility index (Phi) is 6.47. The molecule has 1 heterocycles. The third kappa shape index (κ3) is 5.51. The van der Waals surface area contributed by atoms with Gasteiger partial charge in [-0.15, -0.1) is 0 Å². The molecule has 1 saturated heterocycles. The molecule has 0 aromatic rings. The summed E-state index contributed by atoms with van der Waals surface area (Å²) in [5.74, 6) is 0. The Labute approximate surface area is 130 Å². The fraction of sp³-hybridized carbons (Fsp3) is 1.00. The van der Waals surface area contributed by atoms with Crippen LogP contribution in [-0.4, -0.2) is 43.9 Å². The minimum Gasteiger partial charge on any atom is -0.312 e. The third-order valence-electron chi connectivity index (χ3n) is 4.44. The van der Waals surface area contributed by atoms with Crippen molar-refractivity contribution >= 4 is 10.2 Å². The predicted molar refractivity (Wildman–Crippen MR) is 86.4 cm³/mol. The number of piperidine rings is 1. The van der Waals surface area contributed by atoms with E-state index in [9.17, 15) is 8.42 Å². The van der Waals surface area contributed by atoms with Gasteiger partial charge in [-0.2, -0.15) is 17.4 Å². The number of nitrogens with zero attached hydrogens (tertiary/aromatic N) is 1. The molecule has 21 heavy (non-hydrogen) atoms. The first kappa shape index (κ1) is 17.2. The van der Waals surface area contributed by atoms with Gasteiger partial charge in [-0.05, 0) is 39.0 Å². The lowest BCUT2D eigenvalue weighted by atomic mass is 10.1. The van der Waals surface area contributed by atoms with Crippen LogP contribution in [0.2, 0.25) is 0 Å². The van der Waals surface area contributed by atoms with E-state index < -0.39 is 10.2 Å². The Bertz CT molecular complexity index is 409. The molecule has 2 atom stereocenters. The summed E-state index contributed by atoms with van der Waals surface area (Å²) in [5.41, 5.74) is 0. The summed E-state index contributed by atoms with van der Waals surface area (Å²) in [6.07, 6.45) is 8.65. The van der Waals surface area contributed by atoms with Crippen LogP contribution in [0.1, 0.15) is 65.2 Å². The molecule has 0 aromatic carbocycles. The second-order valence-electron chi connectivity index (χ2n) is 6.61. The van der Waals surface area contributed by atoms with E-state index >= 15 is 0 Å². The van der Waals surface area contributed by atoms with E-state index in [1.807, 2.05) is 6.92 Å². The molecule has 2 aliphatic rings. The second-order valence-corrected chi connectivity index (χ2v) is 8.26. The van der Waals surface area contributed by atoms with Crippen LogP contribution in [-0.2, 0) is 10.2 Å². The summed E-state index contributed by atoms with van der Waals surface area (Å²) in [4.78, 5) is 0. The number of hydrogen-bond acceptors (Lipinski definition) is 3. The largest absolute Gasteiger partial charge is 0.312 e. The number of nitrogens with one attached hydrogen (secondary N) is 2. The fourth-order valence-corrected chi connectivity index (χ4v) is 4.68. The molecular weight excluding hydrogens is 286 g/mol. The lowest BCUT2D eigenvalue weighted by molar-refractivity contribution is 0.241. The molecule has 6 heteroatoms. The topological polar surface area (TPSA) is 61.4 Å². The number of rotatable bonds is 9. The minimum atomic E-state index is -3.35. The van der Waals surface area contributed by atoms with Crippen LogP contribution in [0.3, 0.4) is 0 Å². The van der Waals surface area contributed by atoms with Gasteiger partial charge in [0.1, 0.15) is 0 Å². The highest BCUT2D eigenvalue weighted by atomic mass is 32.2. The van der Waals surface area contributed by atoms with Crippen LogP contribution < -0.4 is 10.0 Å². The molecule has 5 nitrogen and oxygen atoms in total. The van der Waals surface area contributed by atoms with Gasteiger partial charge >= 0.3 is 0 Å². The summed E-state index contributed by atoms with van der Waals surface area (Å²) >= 11 is 0. The second kappa shape index (κ2) is 7.90. The highest BCUT2D eigenvalue weighted by molar-refractivity contribution is 7.87. The van der Waals surface area contributed by atoms with Crippen molar-refractivity contribution in [2.75, 3.05) is 13.1 Å². The zero-order valence-electron chi connectivity index (χ0n) is 13.5. The standard InChI is InChI=1S/C15H31N3O2S/c1-3-4-7-13(2)17-21(19,20)18-11-6-5-8-15(18)12-16-14-9-10-14/h13-17H,3-12H2,1-2H3. The highest BCUT2D eigenvalue weighted by Gasteiger charge is 2.33. The van der Waals surface area contributed by atoms with E-state index in [1.165, 1.54) is 12.8 Å². The van der Waals surface area contributed by atoms with Crippen LogP contribution in [0, 0.1) is 0 Å². The zero-order chi connectivity index (χ0) is 15.3. The summed E-state index contributed by atoms with van der Waals surface area (Å²) in [6.45, 7) is 5.56. The number of unbranched alkanes of at least 4 members (excludes halogenated alkanes) is 1. The van der Waals surface area contributed by atoms with Gasteiger partial charge in [0.25, 0.3) is 10.2 Å². The lowest BCUT2D eigenvalue weighted by Gasteiger charge is -2.35. The Morgan fingerprint density at radius 1 is 1.24 bits per heavy atom. The molecule has 2 fully saturated rings. The van der Waals surface area contributed by atoms with E-state index in [-0.39, 0.29) is 12.1 Å². The Morgan fingerprint density at radius 3 is 2.67 bits per heavy atom. The van der Waals surface area contributed by atoms with E-state index in [1.54, 1.807) is 4.31 Å². The van der Waals surface area contributed by atoms with E-state index in [0.29, 0.717) is 12.6 Å². The Morgan fingerprint density at radius 2 is 2.00 bits per heavy atom. The molecule has 1 aliphatic carbocycles. The van der Waals surface area contributed by atoms with Crippen LogP contribution in [0.15, 0.2) is 0 Å². The van der Waals surface area contributed by atoms with E-state index in [0.717, 1.165) is 45.1 Å². The molecule has 0 spiro atoms. The smallest absolute Gasteiger partial charge is 0.279 e. The number of hydrogen-bond donors (Lipinski definition) is 2. The summed E-state index contributed by atoms with van der Waals surface area (Å²) < 4.78 is 29.8. The van der Waals surface area contributed by atoms with Gasteiger partial charge in [0.05, 0.1) is 0 Å². The fourth-order valence-electron chi connectivity index (χ4n) is 2.98. The molecule has 124 valence electrons. The lowest BCUT2D eigenvalue weighted by Crippen LogP contribution is -2.54. The van der Waals surface area contributed by atoms with Crippen LogP contribution >= 0.6 is 0 Å². The molecule has 0 bridgehead atoms. The maximum Gasteiger partial charge on any atom is 0.279 e. The van der Waals surface area contributed by atoms with Crippen molar-refractivity contribution in [3.63, 3.8) is 0 Å². The third-order valence-corrected chi connectivity index (χ3v) is 6.24.